The van der Waals surface area contributed by atoms with Crippen molar-refractivity contribution in [2.24, 2.45) is 0 Å². The molecule has 5 heteroatoms. The monoisotopic (exact) mass is 296 g/mol. The van der Waals surface area contributed by atoms with E-state index in [-0.39, 0.29) is 6.10 Å². The van der Waals surface area contributed by atoms with Gasteiger partial charge in [0.2, 0.25) is 0 Å². The zero-order valence-corrected chi connectivity index (χ0v) is 10.2. The van der Waals surface area contributed by atoms with Crippen molar-refractivity contribution in [1.82, 2.24) is 0 Å². The van der Waals surface area contributed by atoms with Crippen LogP contribution in [0.1, 0.15) is 0 Å². The Morgan fingerprint density at radius 1 is 1.43 bits per heavy atom. The number of epoxide rings is 1. The van der Waals surface area contributed by atoms with Gasteiger partial charge < -0.3 is 9.47 Å². The molecular weight excluding hydrogens is 291 g/mol. The maximum atomic E-state index is 5.95. The van der Waals surface area contributed by atoms with Crippen molar-refractivity contribution in [3.05, 3.63) is 26.7 Å². The number of halogens is 3. The van der Waals surface area contributed by atoms with E-state index in [0.717, 1.165) is 11.1 Å². The number of hydrogen-bond donors (Lipinski definition) is 0. The first-order chi connectivity index (χ1) is 6.66. The topological polar surface area (TPSA) is 21.8 Å². The van der Waals surface area contributed by atoms with Gasteiger partial charge in [-0.1, -0.05) is 23.2 Å². The molecule has 0 amide bonds. The smallest absolute Gasteiger partial charge is 0.139 e. The van der Waals surface area contributed by atoms with Crippen molar-refractivity contribution in [1.29, 1.82) is 0 Å². The van der Waals surface area contributed by atoms with Gasteiger partial charge in [0.15, 0.2) is 0 Å². The SMILES string of the molecule is Clc1cc(OCC2CO2)c(Cl)cc1Br. The van der Waals surface area contributed by atoms with Crippen molar-refractivity contribution in [2.45, 2.75) is 6.10 Å². The molecule has 2 rings (SSSR count). The van der Waals surface area contributed by atoms with Crippen molar-refractivity contribution >= 4 is 39.1 Å². The fraction of sp³-hybridized carbons (Fsp3) is 0.333. The van der Waals surface area contributed by atoms with Crippen LogP contribution in [0.15, 0.2) is 16.6 Å². The molecule has 0 saturated carbocycles. The van der Waals surface area contributed by atoms with Gasteiger partial charge in [0.1, 0.15) is 18.5 Å². The summed E-state index contributed by atoms with van der Waals surface area (Å²) in [6.45, 7) is 1.29. The van der Waals surface area contributed by atoms with Gasteiger partial charge in [-0.05, 0) is 22.0 Å². The van der Waals surface area contributed by atoms with Gasteiger partial charge >= 0.3 is 0 Å². The Kier molecular flexibility index (Phi) is 3.22. The molecule has 0 aliphatic carbocycles. The van der Waals surface area contributed by atoms with Crippen molar-refractivity contribution in [3.8, 4) is 5.75 Å². The van der Waals surface area contributed by atoms with Crippen LogP contribution < -0.4 is 4.74 Å². The average Bonchev–Trinajstić information content (AvgIpc) is 2.92. The summed E-state index contributed by atoms with van der Waals surface area (Å²) in [4.78, 5) is 0. The highest BCUT2D eigenvalue weighted by Gasteiger charge is 2.23. The van der Waals surface area contributed by atoms with E-state index in [0.29, 0.717) is 22.4 Å². The quantitative estimate of drug-likeness (QED) is 0.629. The highest BCUT2D eigenvalue weighted by atomic mass is 79.9. The molecule has 1 aliphatic rings. The lowest BCUT2D eigenvalue weighted by molar-refractivity contribution is 0.263. The van der Waals surface area contributed by atoms with Crippen LogP contribution in [0, 0.1) is 0 Å². The molecule has 1 fully saturated rings. The zero-order valence-electron chi connectivity index (χ0n) is 7.10. The van der Waals surface area contributed by atoms with Crippen molar-refractivity contribution < 1.29 is 9.47 Å². The van der Waals surface area contributed by atoms with Gasteiger partial charge in [0.25, 0.3) is 0 Å². The third kappa shape index (κ3) is 2.54. The molecule has 1 unspecified atom stereocenters. The van der Waals surface area contributed by atoms with Gasteiger partial charge in [-0.15, -0.1) is 0 Å². The van der Waals surface area contributed by atoms with E-state index in [1.807, 2.05) is 0 Å². The molecule has 1 heterocycles. The van der Waals surface area contributed by atoms with E-state index in [9.17, 15) is 0 Å². The van der Waals surface area contributed by atoms with Gasteiger partial charge in [-0.2, -0.15) is 0 Å². The average molecular weight is 298 g/mol. The molecule has 0 N–H and O–H groups in total. The van der Waals surface area contributed by atoms with Crippen LogP contribution in [0.4, 0.5) is 0 Å². The summed E-state index contributed by atoms with van der Waals surface area (Å²) >= 11 is 15.1. The van der Waals surface area contributed by atoms with E-state index < -0.39 is 0 Å². The van der Waals surface area contributed by atoms with Crippen LogP contribution in [0.2, 0.25) is 10.0 Å². The predicted molar refractivity (Wildman–Crippen MR) is 59.4 cm³/mol. The molecule has 1 aliphatic heterocycles. The number of ether oxygens (including phenoxy) is 2. The van der Waals surface area contributed by atoms with E-state index >= 15 is 0 Å². The Bertz CT molecular complexity index is 353. The standard InChI is InChI=1S/C9H7BrCl2O2/c10-6-1-8(12)9(2-7(6)11)14-4-5-3-13-5/h1-2,5H,3-4H2. The summed E-state index contributed by atoms with van der Waals surface area (Å²) in [5, 5.41) is 1.13. The second-order valence-electron chi connectivity index (χ2n) is 2.96. The summed E-state index contributed by atoms with van der Waals surface area (Å²) < 4.78 is 11.2. The van der Waals surface area contributed by atoms with E-state index in [1.54, 1.807) is 12.1 Å². The fourth-order valence-corrected chi connectivity index (χ4v) is 1.81. The second-order valence-corrected chi connectivity index (χ2v) is 4.63. The Labute approximate surface area is 100 Å². The van der Waals surface area contributed by atoms with Gasteiger partial charge in [-0.25, -0.2) is 0 Å². The molecule has 14 heavy (non-hydrogen) atoms. The minimum absolute atomic E-state index is 0.216. The van der Waals surface area contributed by atoms with Crippen LogP contribution in [-0.4, -0.2) is 19.3 Å². The first kappa shape index (κ1) is 10.6. The zero-order chi connectivity index (χ0) is 10.1. The van der Waals surface area contributed by atoms with Crippen LogP contribution in [0.5, 0.6) is 5.75 Å². The summed E-state index contributed by atoms with van der Waals surface area (Å²) in [5.41, 5.74) is 0. The molecular formula is C9H7BrCl2O2. The van der Waals surface area contributed by atoms with E-state index in [1.165, 1.54) is 0 Å². The highest BCUT2D eigenvalue weighted by Crippen LogP contribution is 2.34. The maximum absolute atomic E-state index is 5.95. The Balaban J connectivity index is 2.10. The third-order valence-corrected chi connectivity index (χ3v) is 3.29. The van der Waals surface area contributed by atoms with Gasteiger partial charge in [0.05, 0.1) is 16.7 Å². The van der Waals surface area contributed by atoms with Crippen molar-refractivity contribution in [2.75, 3.05) is 13.2 Å². The van der Waals surface area contributed by atoms with Gasteiger partial charge in [0, 0.05) is 10.5 Å². The fourth-order valence-electron chi connectivity index (χ4n) is 0.962. The minimum atomic E-state index is 0.216. The van der Waals surface area contributed by atoms with E-state index in [2.05, 4.69) is 15.9 Å². The normalized spacial score (nSPS) is 19.5. The number of rotatable bonds is 3. The third-order valence-electron chi connectivity index (χ3n) is 1.80. The van der Waals surface area contributed by atoms with Crippen LogP contribution in [-0.2, 0) is 4.74 Å². The lowest BCUT2D eigenvalue weighted by atomic mass is 10.3. The summed E-state index contributed by atoms with van der Waals surface area (Å²) in [7, 11) is 0. The summed E-state index contributed by atoms with van der Waals surface area (Å²) in [6.07, 6.45) is 0.216. The lowest BCUT2D eigenvalue weighted by Gasteiger charge is -2.07. The molecule has 0 radical (unpaired) electrons. The van der Waals surface area contributed by atoms with Gasteiger partial charge in [-0.3, -0.25) is 0 Å². The lowest BCUT2D eigenvalue weighted by Crippen LogP contribution is -2.04. The molecule has 0 spiro atoms. The summed E-state index contributed by atoms with van der Waals surface area (Å²) in [5.74, 6) is 0.593. The number of benzene rings is 1. The Morgan fingerprint density at radius 3 is 2.79 bits per heavy atom. The summed E-state index contributed by atoms with van der Waals surface area (Å²) in [6, 6.07) is 3.41. The maximum Gasteiger partial charge on any atom is 0.139 e. The molecule has 1 aromatic carbocycles. The molecule has 1 aromatic rings. The van der Waals surface area contributed by atoms with Crippen LogP contribution >= 0.6 is 39.1 Å². The first-order valence-electron chi connectivity index (χ1n) is 4.06. The molecule has 2 nitrogen and oxygen atoms in total. The Morgan fingerprint density at radius 2 is 2.14 bits per heavy atom. The molecule has 76 valence electrons. The first-order valence-corrected chi connectivity index (χ1v) is 5.60. The molecule has 0 aromatic heterocycles. The van der Waals surface area contributed by atoms with Crippen LogP contribution in [0.3, 0.4) is 0 Å². The second kappa shape index (κ2) is 4.27. The minimum Gasteiger partial charge on any atom is -0.489 e. The highest BCUT2D eigenvalue weighted by molar-refractivity contribution is 9.10. The van der Waals surface area contributed by atoms with E-state index in [4.69, 9.17) is 32.7 Å². The number of hydrogen-bond acceptors (Lipinski definition) is 2. The largest absolute Gasteiger partial charge is 0.489 e. The van der Waals surface area contributed by atoms with Crippen LogP contribution in [0.25, 0.3) is 0 Å². The Hall–Kier alpha value is 0.0400. The molecule has 0 bridgehead atoms. The predicted octanol–water partition coefficient (Wildman–Crippen LogP) is 3.53. The molecule has 1 saturated heterocycles. The molecule has 1 atom stereocenters. The van der Waals surface area contributed by atoms with Crippen molar-refractivity contribution in [3.63, 3.8) is 0 Å².